The number of hydrogen-bond donors (Lipinski definition) is 2. The molecule has 0 atom stereocenters. The van der Waals surface area contributed by atoms with Crippen LogP contribution in [0.3, 0.4) is 0 Å². The van der Waals surface area contributed by atoms with Crippen LogP contribution in [0.5, 0.6) is 0 Å². The Morgan fingerprint density at radius 2 is 2.28 bits per heavy atom. The summed E-state index contributed by atoms with van der Waals surface area (Å²) < 4.78 is 31.8. The number of nitrogens with two attached hydrogens (primary N) is 1. The molecule has 18 heavy (non-hydrogen) atoms. The predicted molar refractivity (Wildman–Crippen MR) is 69.3 cm³/mol. The van der Waals surface area contributed by atoms with E-state index in [1.165, 1.54) is 12.3 Å². The molecule has 0 bridgehead atoms. The normalized spacial score (nSPS) is 11.4. The lowest BCUT2D eigenvalue weighted by Crippen LogP contribution is -2.12. The van der Waals surface area contributed by atoms with Gasteiger partial charge in [0, 0.05) is 12.3 Å². The minimum atomic E-state index is -3.72. The number of nitrogens with one attached hydrogen (secondary N) is 1. The van der Waals surface area contributed by atoms with Gasteiger partial charge in [0.1, 0.15) is 10.7 Å². The zero-order valence-electron chi connectivity index (χ0n) is 9.13. The summed E-state index contributed by atoms with van der Waals surface area (Å²) in [5, 5.41) is 0. The van der Waals surface area contributed by atoms with E-state index >= 15 is 0 Å². The van der Waals surface area contributed by atoms with Crippen molar-refractivity contribution in [1.29, 1.82) is 0 Å². The molecule has 8 heteroatoms. The number of furan rings is 1. The molecule has 0 aliphatic carbocycles. The molecule has 0 radical (unpaired) electrons. The van der Waals surface area contributed by atoms with Crippen LogP contribution in [0.25, 0.3) is 0 Å². The maximum Gasteiger partial charge on any atom is 0.266 e. The van der Waals surface area contributed by atoms with Gasteiger partial charge in [-0.05, 0) is 28.1 Å². The average molecular weight is 332 g/mol. The van der Waals surface area contributed by atoms with Crippen molar-refractivity contribution >= 4 is 31.6 Å². The van der Waals surface area contributed by atoms with Gasteiger partial charge in [0.05, 0.1) is 18.4 Å². The zero-order chi connectivity index (χ0) is 13.2. The first-order chi connectivity index (χ1) is 8.53. The van der Waals surface area contributed by atoms with Crippen LogP contribution in [0.15, 0.2) is 44.6 Å². The van der Waals surface area contributed by atoms with E-state index in [2.05, 4.69) is 25.6 Å². The lowest BCUT2D eigenvalue weighted by molar-refractivity contribution is 0.484. The lowest BCUT2D eigenvalue weighted by Gasteiger charge is -2.05. The molecule has 0 aromatic carbocycles. The molecule has 0 saturated heterocycles. The molecule has 3 N–H and O–H groups in total. The summed E-state index contributed by atoms with van der Waals surface area (Å²) in [6.45, 7) is 0.126. The summed E-state index contributed by atoms with van der Waals surface area (Å²) in [7, 11) is -3.72. The van der Waals surface area contributed by atoms with Gasteiger partial charge in [-0.3, -0.25) is 9.71 Å². The second kappa shape index (κ2) is 5.09. The van der Waals surface area contributed by atoms with Crippen molar-refractivity contribution in [1.82, 2.24) is 4.98 Å². The number of rotatable bonds is 4. The Bertz CT molecular complexity index is 640. The molecule has 0 unspecified atom stereocenters. The molecule has 2 heterocycles. The van der Waals surface area contributed by atoms with Crippen LogP contribution in [0.4, 0.5) is 5.69 Å². The van der Waals surface area contributed by atoms with Crippen LogP contribution >= 0.6 is 15.9 Å². The number of halogens is 1. The highest BCUT2D eigenvalue weighted by Crippen LogP contribution is 2.27. The van der Waals surface area contributed by atoms with E-state index in [0.717, 1.165) is 0 Å². The Kier molecular flexibility index (Phi) is 3.69. The van der Waals surface area contributed by atoms with Gasteiger partial charge in [-0.2, -0.15) is 0 Å². The highest BCUT2D eigenvalue weighted by molar-refractivity contribution is 9.10. The fourth-order valence-electron chi connectivity index (χ4n) is 1.31. The molecule has 0 spiro atoms. The number of aromatic nitrogens is 1. The maximum atomic E-state index is 12.1. The van der Waals surface area contributed by atoms with Crippen LogP contribution in [0.1, 0.15) is 5.76 Å². The molecular weight excluding hydrogens is 322 g/mol. The first-order valence-corrected chi connectivity index (χ1v) is 7.21. The summed E-state index contributed by atoms with van der Waals surface area (Å²) in [4.78, 5) is 3.83. The van der Waals surface area contributed by atoms with E-state index in [-0.39, 0.29) is 16.1 Å². The smallest absolute Gasteiger partial charge is 0.266 e. The molecule has 0 aliphatic heterocycles. The van der Waals surface area contributed by atoms with Crippen molar-refractivity contribution < 1.29 is 12.8 Å². The fourth-order valence-corrected chi connectivity index (χ4v) is 3.36. The van der Waals surface area contributed by atoms with Crippen molar-refractivity contribution in [2.24, 2.45) is 5.73 Å². The molecule has 96 valence electrons. The van der Waals surface area contributed by atoms with Crippen molar-refractivity contribution in [2.45, 2.75) is 11.4 Å². The molecule has 0 amide bonds. The van der Waals surface area contributed by atoms with Gasteiger partial charge in [0.25, 0.3) is 10.0 Å². The first kappa shape index (κ1) is 13.1. The van der Waals surface area contributed by atoms with Gasteiger partial charge in [0.15, 0.2) is 4.67 Å². The van der Waals surface area contributed by atoms with Gasteiger partial charge in [-0.1, -0.05) is 0 Å². The highest BCUT2D eigenvalue weighted by atomic mass is 79.9. The van der Waals surface area contributed by atoms with Crippen LogP contribution in [-0.4, -0.2) is 13.4 Å². The van der Waals surface area contributed by atoms with E-state index < -0.39 is 10.0 Å². The molecule has 2 aromatic rings. The predicted octanol–water partition coefficient (Wildman–Crippen LogP) is 1.70. The van der Waals surface area contributed by atoms with Gasteiger partial charge in [0.2, 0.25) is 0 Å². The third kappa shape index (κ3) is 2.71. The van der Waals surface area contributed by atoms with E-state index in [9.17, 15) is 8.42 Å². The molecule has 2 rings (SSSR count). The third-order valence-corrected chi connectivity index (χ3v) is 4.35. The van der Waals surface area contributed by atoms with Crippen molar-refractivity contribution in [2.75, 3.05) is 4.72 Å². The largest absolute Gasteiger partial charge is 0.452 e. The Morgan fingerprint density at radius 3 is 2.83 bits per heavy atom. The number of pyridine rings is 1. The van der Waals surface area contributed by atoms with Gasteiger partial charge in [-0.15, -0.1) is 0 Å². The Morgan fingerprint density at radius 1 is 1.50 bits per heavy atom. The van der Waals surface area contributed by atoms with Crippen LogP contribution < -0.4 is 10.5 Å². The SMILES string of the molecule is NCc1cc(S(=O)(=O)Nc2cccnc2)c(Br)o1. The Hall–Kier alpha value is -1.38. The number of nitrogens with zero attached hydrogens (tertiary/aromatic N) is 1. The Balaban J connectivity index is 2.34. The topological polar surface area (TPSA) is 98.2 Å². The van der Waals surface area contributed by atoms with Gasteiger partial charge < -0.3 is 10.2 Å². The van der Waals surface area contributed by atoms with Crippen LogP contribution in [-0.2, 0) is 16.6 Å². The summed E-state index contributed by atoms with van der Waals surface area (Å²) >= 11 is 3.05. The number of anilines is 1. The van der Waals surface area contributed by atoms with Gasteiger partial charge in [-0.25, -0.2) is 8.42 Å². The van der Waals surface area contributed by atoms with E-state index in [0.29, 0.717) is 11.4 Å². The lowest BCUT2D eigenvalue weighted by atomic mass is 10.4. The van der Waals surface area contributed by atoms with Crippen LogP contribution in [0.2, 0.25) is 0 Å². The maximum absolute atomic E-state index is 12.1. The second-order valence-corrected chi connectivity index (χ2v) is 5.77. The quantitative estimate of drug-likeness (QED) is 0.888. The highest BCUT2D eigenvalue weighted by Gasteiger charge is 2.22. The molecule has 6 nitrogen and oxygen atoms in total. The monoisotopic (exact) mass is 331 g/mol. The van der Waals surface area contributed by atoms with Crippen molar-refractivity contribution in [3.63, 3.8) is 0 Å². The molecule has 0 saturated carbocycles. The summed E-state index contributed by atoms with van der Waals surface area (Å²) in [6.07, 6.45) is 2.97. The van der Waals surface area contributed by atoms with Crippen LogP contribution in [0, 0.1) is 0 Å². The molecule has 2 aromatic heterocycles. The van der Waals surface area contributed by atoms with Crippen molar-refractivity contribution in [3.8, 4) is 0 Å². The van der Waals surface area contributed by atoms with E-state index in [1.807, 2.05) is 0 Å². The van der Waals surface area contributed by atoms with E-state index in [4.69, 9.17) is 10.2 Å². The second-order valence-electron chi connectivity index (χ2n) is 3.40. The summed E-state index contributed by atoms with van der Waals surface area (Å²) in [5.41, 5.74) is 5.76. The molecular formula is C10H10BrN3O3S. The summed E-state index contributed by atoms with van der Waals surface area (Å²) in [5.74, 6) is 0.383. The van der Waals surface area contributed by atoms with Crippen molar-refractivity contribution in [3.05, 3.63) is 41.0 Å². The summed E-state index contributed by atoms with van der Waals surface area (Å²) in [6, 6.07) is 4.61. The zero-order valence-corrected chi connectivity index (χ0v) is 11.5. The fraction of sp³-hybridized carbons (Fsp3) is 0.100. The minimum Gasteiger partial charge on any atom is -0.452 e. The molecule has 0 fully saturated rings. The number of sulfonamides is 1. The number of hydrogen-bond acceptors (Lipinski definition) is 5. The third-order valence-electron chi connectivity index (χ3n) is 2.11. The standard InChI is InChI=1S/C10H10BrN3O3S/c11-10-9(4-8(5-12)17-10)18(15,16)14-7-2-1-3-13-6-7/h1-4,6,14H,5,12H2. The first-order valence-electron chi connectivity index (χ1n) is 4.94. The minimum absolute atomic E-state index is 0.00630. The Labute approximate surface area is 112 Å². The average Bonchev–Trinajstić information content (AvgIpc) is 2.72. The van der Waals surface area contributed by atoms with Gasteiger partial charge >= 0.3 is 0 Å². The van der Waals surface area contributed by atoms with E-state index in [1.54, 1.807) is 18.3 Å². The molecule has 0 aliphatic rings.